The molecule has 2 aromatic carbocycles. The Balaban J connectivity index is 1.35. The van der Waals surface area contributed by atoms with Crippen LogP contribution in [-0.4, -0.2) is 55.4 Å². The maximum Gasteiger partial charge on any atom is 0.241 e. The Morgan fingerprint density at radius 1 is 1.09 bits per heavy atom. The van der Waals surface area contributed by atoms with Gasteiger partial charge in [0.2, 0.25) is 23.4 Å². The summed E-state index contributed by atoms with van der Waals surface area (Å²) in [6.07, 6.45) is 1.77. The number of nitrogens with zero attached hydrogens (tertiary/aromatic N) is 3. The number of benzene rings is 2. The van der Waals surface area contributed by atoms with Gasteiger partial charge in [-0.1, -0.05) is 35.5 Å². The quantitative estimate of drug-likeness (QED) is 0.513. The van der Waals surface area contributed by atoms with E-state index in [2.05, 4.69) is 20.4 Å². The van der Waals surface area contributed by atoms with Gasteiger partial charge in [-0.2, -0.15) is 4.98 Å². The summed E-state index contributed by atoms with van der Waals surface area (Å²) in [7, 11) is 4.71. The average molecular weight is 467 g/mol. The van der Waals surface area contributed by atoms with Crippen LogP contribution in [0.2, 0.25) is 0 Å². The van der Waals surface area contributed by atoms with Gasteiger partial charge in [0.1, 0.15) is 0 Å². The van der Waals surface area contributed by atoms with Crippen LogP contribution < -0.4 is 19.5 Å². The van der Waals surface area contributed by atoms with Crippen molar-refractivity contribution in [2.45, 2.75) is 25.9 Å². The van der Waals surface area contributed by atoms with E-state index in [1.807, 2.05) is 36.4 Å². The highest BCUT2D eigenvalue weighted by atomic mass is 16.5. The predicted molar refractivity (Wildman–Crippen MR) is 126 cm³/mol. The predicted octanol–water partition coefficient (Wildman–Crippen LogP) is 3.29. The fourth-order valence-electron chi connectivity index (χ4n) is 4.26. The highest BCUT2D eigenvalue weighted by molar-refractivity contribution is 5.79. The number of piperidine rings is 1. The number of methoxy groups -OCH3 is 3. The molecule has 0 bridgehead atoms. The van der Waals surface area contributed by atoms with E-state index in [9.17, 15) is 4.79 Å². The average Bonchev–Trinajstić information content (AvgIpc) is 3.35. The molecular formula is C25H30N4O5. The first-order valence-corrected chi connectivity index (χ1v) is 11.3. The van der Waals surface area contributed by atoms with Gasteiger partial charge in [0.05, 0.1) is 33.8 Å². The summed E-state index contributed by atoms with van der Waals surface area (Å²) in [5, 5.41) is 7.14. The first-order valence-electron chi connectivity index (χ1n) is 11.3. The van der Waals surface area contributed by atoms with Gasteiger partial charge in [0, 0.05) is 24.2 Å². The zero-order valence-electron chi connectivity index (χ0n) is 19.7. The van der Waals surface area contributed by atoms with Crippen molar-refractivity contribution in [3.8, 4) is 28.6 Å². The molecule has 180 valence electrons. The van der Waals surface area contributed by atoms with E-state index in [0.717, 1.165) is 30.5 Å². The number of nitrogens with one attached hydrogen (secondary N) is 1. The molecule has 0 aliphatic carbocycles. The van der Waals surface area contributed by atoms with Crippen molar-refractivity contribution in [1.29, 1.82) is 0 Å². The van der Waals surface area contributed by atoms with Crippen LogP contribution in [0.4, 0.5) is 0 Å². The summed E-state index contributed by atoms with van der Waals surface area (Å²) in [6, 6.07) is 13.4. The van der Waals surface area contributed by atoms with Crippen molar-refractivity contribution < 1.29 is 23.5 Å². The van der Waals surface area contributed by atoms with Gasteiger partial charge < -0.3 is 24.1 Å². The Bertz CT molecular complexity index is 1100. The van der Waals surface area contributed by atoms with E-state index in [0.29, 0.717) is 48.6 Å². The van der Waals surface area contributed by atoms with Crippen LogP contribution >= 0.6 is 0 Å². The standard InChI is InChI=1S/C25H30N4O5/c1-31-20-12-11-18(22(32-2)23(20)33-3)14-26-25(30)19-10-7-13-29(15-19)16-21-27-24(28-34-21)17-8-5-4-6-9-17/h4-6,8-9,11-12,19H,7,10,13-16H2,1-3H3,(H,26,30). The normalized spacial score (nSPS) is 16.1. The van der Waals surface area contributed by atoms with E-state index in [1.54, 1.807) is 27.4 Å². The lowest BCUT2D eigenvalue weighted by Crippen LogP contribution is -2.42. The SMILES string of the molecule is COc1ccc(CNC(=O)C2CCCN(Cc3nc(-c4ccccc4)no3)C2)c(OC)c1OC. The van der Waals surface area contributed by atoms with E-state index in [4.69, 9.17) is 18.7 Å². The maximum atomic E-state index is 12.9. The molecule has 4 rings (SSSR count). The lowest BCUT2D eigenvalue weighted by molar-refractivity contribution is -0.127. The molecule has 0 spiro atoms. The number of aromatic nitrogens is 2. The molecule has 1 aliphatic heterocycles. The van der Waals surface area contributed by atoms with Crippen molar-refractivity contribution in [1.82, 2.24) is 20.4 Å². The minimum absolute atomic E-state index is 0.0111. The fourth-order valence-corrected chi connectivity index (χ4v) is 4.26. The molecule has 1 aromatic heterocycles. The lowest BCUT2D eigenvalue weighted by Gasteiger charge is -2.31. The number of hydrogen-bond donors (Lipinski definition) is 1. The van der Waals surface area contributed by atoms with Crippen molar-refractivity contribution in [2.24, 2.45) is 5.92 Å². The second-order valence-electron chi connectivity index (χ2n) is 8.16. The van der Waals surface area contributed by atoms with Crippen molar-refractivity contribution >= 4 is 5.91 Å². The zero-order chi connectivity index (χ0) is 23.9. The Labute approximate surface area is 199 Å². The van der Waals surface area contributed by atoms with Gasteiger partial charge in [-0.25, -0.2) is 0 Å². The van der Waals surface area contributed by atoms with Crippen molar-refractivity contribution in [3.63, 3.8) is 0 Å². The molecule has 1 N–H and O–H groups in total. The number of ether oxygens (including phenoxy) is 3. The van der Waals surface area contributed by atoms with Crippen LogP contribution in [0.25, 0.3) is 11.4 Å². The molecule has 1 unspecified atom stereocenters. The number of rotatable bonds is 9. The maximum absolute atomic E-state index is 12.9. The lowest BCUT2D eigenvalue weighted by atomic mass is 9.97. The molecule has 34 heavy (non-hydrogen) atoms. The molecule has 9 nitrogen and oxygen atoms in total. The molecule has 1 amide bonds. The van der Waals surface area contributed by atoms with E-state index >= 15 is 0 Å². The van der Waals surface area contributed by atoms with Gasteiger partial charge in [0.15, 0.2) is 11.5 Å². The summed E-state index contributed by atoms with van der Waals surface area (Å²) in [5.74, 6) is 2.66. The van der Waals surface area contributed by atoms with Gasteiger partial charge >= 0.3 is 0 Å². The molecule has 1 fully saturated rings. The van der Waals surface area contributed by atoms with Gasteiger partial charge in [-0.15, -0.1) is 0 Å². The monoisotopic (exact) mass is 466 g/mol. The topological polar surface area (TPSA) is 99.0 Å². The molecule has 9 heteroatoms. The third-order valence-corrected chi connectivity index (χ3v) is 5.97. The van der Waals surface area contributed by atoms with Crippen LogP contribution in [0.3, 0.4) is 0 Å². The summed E-state index contributed by atoms with van der Waals surface area (Å²) in [6.45, 7) is 2.38. The summed E-state index contributed by atoms with van der Waals surface area (Å²) in [4.78, 5) is 19.7. The second-order valence-corrected chi connectivity index (χ2v) is 8.16. The number of amides is 1. The van der Waals surface area contributed by atoms with Crippen LogP contribution in [-0.2, 0) is 17.9 Å². The molecule has 1 saturated heterocycles. The minimum Gasteiger partial charge on any atom is -0.493 e. The second kappa shape index (κ2) is 11.0. The van der Waals surface area contributed by atoms with Gasteiger partial charge in [-0.05, 0) is 31.5 Å². The number of carbonyl (C=O) groups excluding carboxylic acids is 1. The highest BCUT2D eigenvalue weighted by Crippen LogP contribution is 2.39. The first kappa shape index (κ1) is 23.6. The van der Waals surface area contributed by atoms with Gasteiger partial charge in [-0.3, -0.25) is 9.69 Å². The Morgan fingerprint density at radius 2 is 1.88 bits per heavy atom. The van der Waals surface area contributed by atoms with Crippen LogP contribution in [0.15, 0.2) is 47.0 Å². The molecule has 2 heterocycles. The van der Waals surface area contributed by atoms with Crippen molar-refractivity contribution in [3.05, 3.63) is 53.9 Å². The highest BCUT2D eigenvalue weighted by Gasteiger charge is 2.27. The molecule has 0 radical (unpaired) electrons. The van der Waals surface area contributed by atoms with Gasteiger partial charge in [0.25, 0.3) is 0 Å². The minimum atomic E-state index is -0.114. The molecule has 0 saturated carbocycles. The Hall–Kier alpha value is -3.59. The summed E-state index contributed by atoms with van der Waals surface area (Å²) in [5.41, 5.74) is 1.74. The number of carbonyl (C=O) groups is 1. The van der Waals surface area contributed by atoms with Crippen LogP contribution in [0, 0.1) is 5.92 Å². The van der Waals surface area contributed by atoms with Crippen LogP contribution in [0.5, 0.6) is 17.2 Å². The zero-order valence-corrected chi connectivity index (χ0v) is 19.7. The smallest absolute Gasteiger partial charge is 0.241 e. The third-order valence-electron chi connectivity index (χ3n) is 5.97. The van der Waals surface area contributed by atoms with Crippen LogP contribution in [0.1, 0.15) is 24.3 Å². The molecule has 1 atom stereocenters. The summed E-state index contributed by atoms with van der Waals surface area (Å²) >= 11 is 0. The molecule has 1 aliphatic rings. The third kappa shape index (κ3) is 5.31. The molecule has 3 aromatic rings. The molecular weight excluding hydrogens is 436 g/mol. The fraction of sp³-hybridized carbons (Fsp3) is 0.400. The number of hydrogen-bond acceptors (Lipinski definition) is 8. The first-order chi connectivity index (χ1) is 16.6. The van der Waals surface area contributed by atoms with Crippen molar-refractivity contribution in [2.75, 3.05) is 34.4 Å². The number of likely N-dealkylation sites (tertiary alicyclic amines) is 1. The Kier molecular flexibility index (Phi) is 7.64. The van der Waals surface area contributed by atoms with E-state index < -0.39 is 0 Å². The largest absolute Gasteiger partial charge is 0.493 e. The Morgan fingerprint density at radius 3 is 2.62 bits per heavy atom. The summed E-state index contributed by atoms with van der Waals surface area (Å²) < 4.78 is 21.7. The van der Waals surface area contributed by atoms with E-state index in [-0.39, 0.29) is 11.8 Å². The van der Waals surface area contributed by atoms with E-state index in [1.165, 1.54) is 0 Å².